The molecule has 0 N–H and O–H groups in total. The first kappa shape index (κ1) is 15.8. The lowest BCUT2D eigenvalue weighted by Gasteiger charge is -2.16. The van der Waals surface area contributed by atoms with E-state index in [1.807, 2.05) is 55.4 Å². The molecule has 2 rings (SSSR count). The molecule has 5 nitrogen and oxygen atoms in total. The maximum atomic E-state index is 12.4. The van der Waals surface area contributed by atoms with Gasteiger partial charge in [0.25, 0.3) is 5.56 Å². The molecule has 0 radical (unpaired) electrons. The second-order valence-electron chi connectivity index (χ2n) is 5.23. The van der Waals surface area contributed by atoms with Crippen molar-refractivity contribution in [2.24, 2.45) is 0 Å². The minimum Gasteiger partial charge on any atom is -0.497 e. The van der Waals surface area contributed by atoms with E-state index in [0.717, 1.165) is 23.6 Å². The Morgan fingerprint density at radius 2 is 1.86 bits per heavy atom. The summed E-state index contributed by atoms with van der Waals surface area (Å²) in [6, 6.07) is 12.9. The summed E-state index contributed by atoms with van der Waals surface area (Å²) in [5.74, 6) is 0.764. The number of benzene rings is 1. The number of ether oxygens (including phenoxy) is 1. The number of hydrogen-bond donors (Lipinski definition) is 0. The van der Waals surface area contributed by atoms with Crippen LogP contribution in [0.1, 0.15) is 5.56 Å². The third-order valence-electron chi connectivity index (χ3n) is 3.45. The maximum Gasteiger partial charge on any atom is 0.268 e. The SMILES string of the molecule is COc1ccc(-c2ccc(C#N)c(=O)n2CCN(C)C)cc1. The standard InChI is InChI=1S/C17H19N3O2/c1-19(2)10-11-20-16(9-6-14(12-18)17(20)21)13-4-7-15(22-3)8-5-13/h4-9H,10-11H2,1-3H3. The van der Waals surface area contributed by atoms with Gasteiger partial charge >= 0.3 is 0 Å². The Kier molecular flexibility index (Phi) is 4.97. The number of hydrogen-bond acceptors (Lipinski definition) is 4. The molecule has 22 heavy (non-hydrogen) atoms. The summed E-state index contributed by atoms with van der Waals surface area (Å²) in [6.45, 7) is 1.25. The van der Waals surface area contributed by atoms with E-state index < -0.39 is 0 Å². The first-order valence-electron chi connectivity index (χ1n) is 7.00. The van der Waals surface area contributed by atoms with Crippen LogP contribution in [0.5, 0.6) is 5.75 Å². The summed E-state index contributed by atoms with van der Waals surface area (Å²) in [4.78, 5) is 14.4. The van der Waals surface area contributed by atoms with Gasteiger partial charge in [-0.1, -0.05) is 0 Å². The van der Waals surface area contributed by atoms with Crippen LogP contribution in [0.25, 0.3) is 11.3 Å². The zero-order valence-corrected chi connectivity index (χ0v) is 13.0. The normalized spacial score (nSPS) is 10.5. The molecule has 0 aliphatic carbocycles. The molecule has 0 atom stereocenters. The van der Waals surface area contributed by atoms with Gasteiger partial charge in [-0.3, -0.25) is 4.79 Å². The van der Waals surface area contributed by atoms with Crippen LogP contribution in [0.4, 0.5) is 0 Å². The molecule has 1 heterocycles. The third-order valence-corrected chi connectivity index (χ3v) is 3.45. The average Bonchev–Trinajstić information content (AvgIpc) is 2.53. The van der Waals surface area contributed by atoms with Crippen LogP contribution in [-0.2, 0) is 6.54 Å². The molecular weight excluding hydrogens is 278 g/mol. The van der Waals surface area contributed by atoms with Crippen LogP contribution >= 0.6 is 0 Å². The average molecular weight is 297 g/mol. The molecule has 1 aromatic heterocycles. The number of likely N-dealkylation sites (N-methyl/N-ethyl adjacent to an activating group) is 1. The second kappa shape index (κ2) is 6.92. The van der Waals surface area contributed by atoms with Gasteiger partial charge in [0, 0.05) is 13.1 Å². The summed E-state index contributed by atoms with van der Waals surface area (Å²) >= 11 is 0. The van der Waals surface area contributed by atoms with Gasteiger partial charge in [0.1, 0.15) is 17.4 Å². The first-order chi connectivity index (χ1) is 10.6. The fourth-order valence-corrected chi connectivity index (χ4v) is 2.20. The van der Waals surface area contributed by atoms with Crippen LogP contribution < -0.4 is 10.3 Å². The number of pyridine rings is 1. The van der Waals surface area contributed by atoms with Crippen molar-refractivity contribution in [2.45, 2.75) is 6.54 Å². The molecule has 0 spiro atoms. The van der Waals surface area contributed by atoms with Crippen LogP contribution in [-0.4, -0.2) is 37.2 Å². The quantitative estimate of drug-likeness (QED) is 0.846. The topological polar surface area (TPSA) is 58.3 Å². The maximum absolute atomic E-state index is 12.4. The minimum atomic E-state index is -0.252. The highest BCUT2D eigenvalue weighted by Crippen LogP contribution is 2.21. The van der Waals surface area contributed by atoms with Gasteiger partial charge in [0.15, 0.2) is 0 Å². The number of rotatable bonds is 5. The second-order valence-corrected chi connectivity index (χ2v) is 5.23. The van der Waals surface area contributed by atoms with Gasteiger partial charge in [-0.15, -0.1) is 0 Å². The number of methoxy groups -OCH3 is 1. The number of nitriles is 1. The molecule has 0 saturated heterocycles. The van der Waals surface area contributed by atoms with Gasteiger partial charge in [0.05, 0.1) is 12.8 Å². The Balaban J connectivity index is 2.51. The zero-order chi connectivity index (χ0) is 16.1. The molecule has 0 bridgehead atoms. The molecule has 1 aromatic carbocycles. The Bertz CT molecular complexity index is 740. The van der Waals surface area contributed by atoms with Gasteiger partial charge in [-0.25, -0.2) is 0 Å². The molecular formula is C17H19N3O2. The predicted molar refractivity (Wildman–Crippen MR) is 86.0 cm³/mol. The van der Waals surface area contributed by atoms with Crippen LogP contribution in [0.15, 0.2) is 41.2 Å². The molecule has 0 fully saturated rings. The Morgan fingerprint density at radius 3 is 2.41 bits per heavy atom. The highest BCUT2D eigenvalue weighted by molar-refractivity contribution is 5.61. The summed E-state index contributed by atoms with van der Waals surface area (Å²) in [5.41, 5.74) is 1.63. The van der Waals surface area contributed by atoms with Crippen molar-refractivity contribution >= 4 is 0 Å². The highest BCUT2D eigenvalue weighted by Gasteiger charge is 2.10. The summed E-state index contributed by atoms with van der Waals surface area (Å²) in [5, 5.41) is 9.06. The largest absolute Gasteiger partial charge is 0.497 e. The van der Waals surface area contributed by atoms with Crippen molar-refractivity contribution in [3.8, 4) is 23.1 Å². The monoisotopic (exact) mass is 297 g/mol. The molecule has 2 aromatic rings. The predicted octanol–water partition coefficient (Wildman–Crippen LogP) is 1.96. The summed E-state index contributed by atoms with van der Waals surface area (Å²) in [6.07, 6.45) is 0. The molecule has 0 unspecified atom stereocenters. The van der Waals surface area contributed by atoms with E-state index in [9.17, 15) is 4.79 Å². The third kappa shape index (κ3) is 3.35. The van der Waals surface area contributed by atoms with E-state index in [0.29, 0.717) is 6.54 Å². The van der Waals surface area contributed by atoms with Crippen LogP contribution in [0.3, 0.4) is 0 Å². The molecule has 0 saturated carbocycles. The Morgan fingerprint density at radius 1 is 1.18 bits per heavy atom. The van der Waals surface area contributed by atoms with Crippen molar-refractivity contribution in [3.05, 3.63) is 52.3 Å². The van der Waals surface area contributed by atoms with Crippen molar-refractivity contribution in [1.82, 2.24) is 9.47 Å². The lowest BCUT2D eigenvalue weighted by Crippen LogP contribution is -2.29. The van der Waals surface area contributed by atoms with E-state index in [2.05, 4.69) is 0 Å². The molecule has 0 aliphatic rings. The molecule has 0 amide bonds. The van der Waals surface area contributed by atoms with E-state index >= 15 is 0 Å². The van der Waals surface area contributed by atoms with E-state index in [4.69, 9.17) is 10.00 Å². The molecule has 114 valence electrons. The number of aromatic nitrogens is 1. The Hall–Kier alpha value is -2.58. The van der Waals surface area contributed by atoms with E-state index in [1.54, 1.807) is 17.7 Å². The lowest BCUT2D eigenvalue weighted by atomic mass is 10.1. The fraction of sp³-hybridized carbons (Fsp3) is 0.294. The minimum absolute atomic E-state index is 0.163. The smallest absolute Gasteiger partial charge is 0.268 e. The van der Waals surface area contributed by atoms with Crippen molar-refractivity contribution < 1.29 is 4.74 Å². The number of nitrogens with zero attached hydrogens (tertiary/aromatic N) is 3. The van der Waals surface area contributed by atoms with Crippen molar-refractivity contribution in [1.29, 1.82) is 5.26 Å². The highest BCUT2D eigenvalue weighted by atomic mass is 16.5. The lowest BCUT2D eigenvalue weighted by molar-refractivity contribution is 0.382. The Labute approximate surface area is 130 Å². The summed E-state index contributed by atoms with van der Waals surface area (Å²) in [7, 11) is 5.52. The zero-order valence-electron chi connectivity index (χ0n) is 13.0. The van der Waals surface area contributed by atoms with E-state index in [-0.39, 0.29) is 11.1 Å². The van der Waals surface area contributed by atoms with E-state index in [1.165, 1.54) is 0 Å². The van der Waals surface area contributed by atoms with Crippen LogP contribution in [0, 0.1) is 11.3 Å². The molecule has 0 aliphatic heterocycles. The van der Waals surface area contributed by atoms with Crippen LogP contribution in [0.2, 0.25) is 0 Å². The van der Waals surface area contributed by atoms with Crippen molar-refractivity contribution in [3.63, 3.8) is 0 Å². The van der Waals surface area contributed by atoms with Crippen molar-refractivity contribution in [2.75, 3.05) is 27.7 Å². The first-order valence-corrected chi connectivity index (χ1v) is 7.00. The molecule has 5 heteroatoms. The van der Waals surface area contributed by atoms with Gasteiger partial charge in [-0.2, -0.15) is 5.26 Å². The fourth-order valence-electron chi connectivity index (χ4n) is 2.20. The van der Waals surface area contributed by atoms with Gasteiger partial charge < -0.3 is 14.2 Å². The van der Waals surface area contributed by atoms with Gasteiger partial charge in [0.2, 0.25) is 0 Å². The van der Waals surface area contributed by atoms with Gasteiger partial charge in [-0.05, 0) is 56.1 Å². The summed E-state index contributed by atoms with van der Waals surface area (Å²) < 4.78 is 6.81.